The van der Waals surface area contributed by atoms with Crippen molar-refractivity contribution >= 4 is 5.97 Å². The molecule has 1 aliphatic rings. The minimum Gasteiger partial charge on any atom is -0.480 e. The molecular weight excluding hydrogens is 218 g/mol. The minimum absolute atomic E-state index is 0.0889. The van der Waals surface area contributed by atoms with Gasteiger partial charge in [-0.15, -0.1) is 0 Å². The van der Waals surface area contributed by atoms with E-state index in [1.54, 1.807) is 0 Å². The van der Waals surface area contributed by atoms with Crippen molar-refractivity contribution in [1.82, 2.24) is 5.32 Å². The molecule has 0 aliphatic heterocycles. The van der Waals surface area contributed by atoms with Gasteiger partial charge in [0, 0.05) is 19.1 Å². The first-order valence-corrected chi connectivity index (χ1v) is 6.63. The van der Waals surface area contributed by atoms with E-state index in [2.05, 4.69) is 12.2 Å². The van der Waals surface area contributed by atoms with E-state index >= 15 is 0 Å². The summed E-state index contributed by atoms with van der Waals surface area (Å²) in [5.74, 6) is -0.740. The largest absolute Gasteiger partial charge is 0.480 e. The molecule has 0 aromatic rings. The van der Waals surface area contributed by atoms with Crippen molar-refractivity contribution in [3.63, 3.8) is 0 Å². The van der Waals surface area contributed by atoms with Crippen LogP contribution >= 0.6 is 0 Å². The number of hydrogen-bond acceptors (Lipinski definition) is 3. The van der Waals surface area contributed by atoms with Crippen LogP contribution in [0.4, 0.5) is 0 Å². The maximum absolute atomic E-state index is 11.5. The van der Waals surface area contributed by atoms with Crippen molar-refractivity contribution in [3.8, 4) is 0 Å². The Balaban J connectivity index is 2.66. The monoisotopic (exact) mass is 243 g/mol. The molecule has 1 fully saturated rings. The molecule has 1 rings (SSSR count). The molecule has 2 N–H and O–H groups in total. The zero-order valence-electron chi connectivity index (χ0n) is 11.2. The van der Waals surface area contributed by atoms with Crippen molar-refractivity contribution in [2.75, 3.05) is 6.61 Å². The molecule has 0 amide bonds. The zero-order valence-corrected chi connectivity index (χ0v) is 11.2. The minimum atomic E-state index is -0.787. The lowest BCUT2D eigenvalue weighted by Gasteiger charge is -2.39. The molecule has 1 aliphatic carbocycles. The Morgan fingerprint density at radius 1 is 1.59 bits per heavy atom. The van der Waals surface area contributed by atoms with Crippen LogP contribution < -0.4 is 5.32 Å². The highest BCUT2D eigenvalue weighted by Gasteiger charge is 2.43. The summed E-state index contributed by atoms with van der Waals surface area (Å²) >= 11 is 0. The van der Waals surface area contributed by atoms with Gasteiger partial charge >= 0.3 is 5.97 Å². The molecule has 17 heavy (non-hydrogen) atoms. The first kappa shape index (κ1) is 14.5. The van der Waals surface area contributed by atoms with Gasteiger partial charge in [-0.2, -0.15) is 0 Å². The third-order valence-electron chi connectivity index (χ3n) is 3.24. The average molecular weight is 243 g/mol. The van der Waals surface area contributed by atoms with E-state index in [9.17, 15) is 9.90 Å². The molecule has 0 bridgehead atoms. The topological polar surface area (TPSA) is 58.6 Å². The van der Waals surface area contributed by atoms with E-state index in [0.717, 1.165) is 25.9 Å². The van der Waals surface area contributed by atoms with Gasteiger partial charge in [-0.3, -0.25) is 10.1 Å². The molecule has 2 atom stereocenters. The predicted octanol–water partition coefficient (Wildman–Crippen LogP) is 2.18. The molecular formula is C13H25NO3. The maximum atomic E-state index is 11.5. The van der Waals surface area contributed by atoms with E-state index < -0.39 is 11.5 Å². The van der Waals surface area contributed by atoms with Gasteiger partial charge in [0.05, 0.1) is 6.10 Å². The highest BCUT2D eigenvalue weighted by molar-refractivity contribution is 5.79. The van der Waals surface area contributed by atoms with Crippen LogP contribution in [0.3, 0.4) is 0 Å². The first-order valence-electron chi connectivity index (χ1n) is 6.63. The zero-order chi connectivity index (χ0) is 12.9. The predicted molar refractivity (Wildman–Crippen MR) is 67.1 cm³/mol. The fourth-order valence-corrected chi connectivity index (χ4v) is 2.59. The Labute approximate surface area is 104 Å². The number of aliphatic carboxylic acids is 1. The number of hydrogen-bond donors (Lipinski definition) is 2. The highest BCUT2D eigenvalue weighted by Crippen LogP contribution is 2.31. The van der Waals surface area contributed by atoms with Crippen molar-refractivity contribution < 1.29 is 14.6 Å². The number of nitrogens with one attached hydrogen (secondary N) is 1. The summed E-state index contributed by atoms with van der Waals surface area (Å²) in [4.78, 5) is 11.5. The standard InChI is InChI=1S/C13H25NO3/c1-4-8-17-11-6-5-7-13(9-11,12(15)16)14-10(2)3/h10-11,14H,4-9H2,1-3H3,(H,15,16). The van der Waals surface area contributed by atoms with Gasteiger partial charge in [-0.1, -0.05) is 6.92 Å². The van der Waals surface area contributed by atoms with Crippen LogP contribution in [0.2, 0.25) is 0 Å². The van der Waals surface area contributed by atoms with Gasteiger partial charge < -0.3 is 9.84 Å². The van der Waals surface area contributed by atoms with E-state index in [1.165, 1.54) is 0 Å². The molecule has 1 saturated carbocycles. The van der Waals surface area contributed by atoms with E-state index in [1.807, 2.05) is 13.8 Å². The third-order valence-corrected chi connectivity index (χ3v) is 3.24. The average Bonchev–Trinajstić information content (AvgIpc) is 2.25. The van der Waals surface area contributed by atoms with Gasteiger partial charge in [-0.25, -0.2) is 0 Å². The summed E-state index contributed by atoms with van der Waals surface area (Å²) in [5, 5.41) is 12.7. The lowest BCUT2D eigenvalue weighted by atomic mass is 9.79. The molecule has 2 unspecified atom stereocenters. The van der Waals surface area contributed by atoms with Crippen LogP contribution in [-0.4, -0.2) is 35.4 Å². The summed E-state index contributed by atoms with van der Waals surface area (Å²) < 4.78 is 5.72. The van der Waals surface area contributed by atoms with Crippen LogP contribution in [0.1, 0.15) is 52.9 Å². The third kappa shape index (κ3) is 3.96. The summed E-state index contributed by atoms with van der Waals surface area (Å²) in [6, 6.07) is 0.177. The lowest BCUT2D eigenvalue weighted by molar-refractivity contribution is -0.149. The van der Waals surface area contributed by atoms with Crippen molar-refractivity contribution in [2.45, 2.75) is 70.6 Å². The highest BCUT2D eigenvalue weighted by atomic mass is 16.5. The van der Waals surface area contributed by atoms with Crippen molar-refractivity contribution in [2.24, 2.45) is 0 Å². The summed E-state index contributed by atoms with van der Waals surface area (Å²) in [6.07, 6.45) is 4.25. The summed E-state index contributed by atoms with van der Waals surface area (Å²) in [5.41, 5.74) is -0.787. The second kappa shape index (κ2) is 6.36. The molecule has 0 aromatic heterocycles. The van der Waals surface area contributed by atoms with E-state index in [0.29, 0.717) is 12.8 Å². The number of ether oxygens (including phenoxy) is 1. The van der Waals surface area contributed by atoms with Gasteiger partial charge in [0.15, 0.2) is 0 Å². The normalized spacial score (nSPS) is 29.5. The van der Waals surface area contributed by atoms with E-state index in [-0.39, 0.29) is 12.1 Å². The molecule has 0 aromatic carbocycles. The van der Waals surface area contributed by atoms with Crippen molar-refractivity contribution in [3.05, 3.63) is 0 Å². The number of carbonyl (C=O) groups is 1. The number of carboxylic acid groups (broad SMARTS) is 1. The van der Waals surface area contributed by atoms with Crippen molar-refractivity contribution in [1.29, 1.82) is 0 Å². The number of rotatable bonds is 6. The Morgan fingerprint density at radius 3 is 2.82 bits per heavy atom. The fourth-order valence-electron chi connectivity index (χ4n) is 2.59. The summed E-state index contributed by atoms with van der Waals surface area (Å²) in [6.45, 7) is 6.77. The van der Waals surface area contributed by atoms with Crippen LogP contribution in [-0.2, 0) is 9.53 Å². The molecule has 0 radical (unpaired) electrons. The van der Waals surface area contributed by atoms with Crippen LogP contribution in [0, 0.1) is 0 Å². The summed E-state index contributed by atoms with van der Waals surface area (Å²) in [7, 11) is 0. The Morgan fingerprint density at radius 2 is 2.29 bits per heavy atom. The van der Waals surface area contributed by atoms with Crippen LogP contribution in [0.25, 0.3) is 0 Å². The van der Waals surface area contributed by atoms with Gasteiger partial charge in [0.1, 0.15) is 5.54 Å². The number of carboxylic acids is 1. The van der Waals surface area contributed by atoms with Crippen LogP contribution in [0.5, 0.6) is 0 Å². The smallest absolute Gasteiger partial charge is 0.324 e. The molecule has 4 heteroatoms. The van der Waals surface area contributed by atoms with Gasteiger partial charge in [-0.05, 0) is 39.5 Å². The lowest BCUT2D eigenvalue weighted by Crippen LogP contribution is -2.58. The quantitative estimate of drug-likeness (QED) is 0.750. The second-order valence-corrected chi connectivity index (χ2v) is 5.28. The van der Waals surface area contributed by atoms with Crippen LogP contribution in [0.15, 0.2) is 0 Å². The Hall–Kier alpha value is -0.610. The SMILES string of the molecule is CCCOC1CCCC(NC(C)C)(C(=O)O)C1. The Kier molecular flexibility index (Phi) is 5.40. The van der Waals surface area contributed by atoms with Gasteiger partial charge in [0.25, 0.3) is 0 Å². The second-order valence-electron chi connectivity index (χ2n) is 5.28. The van der Waals surface area contributed by atoms with E-state index in [4.69, 9.17) is 4.74 Å². The Bertz CT molecular complexity index is 255. The first-order chi connectivity index (χ1) is 8.00. The fraction of sp³-hybridized carbons (Fsp3) is 0.923. The molecule has 0 saturated heterocycles. The molecule has 4 nitrogen and oxygen atoms in total. The molecule has 0 heterocycles. The molecule has 100 valence electrons. The van der Waals surface area contributed by atoms with Gasteiger partial charge in [0.2, 0.25) is 0 Å². The molecule has 0 spiro atoms. The maximum Gasteiger partial charge on any atom is 0.324 e.